The number of benzene rings is 2. The van der Waals surface area contributed by atoms with Crippen molar-refractivity contribution in [3.63, 3.8) is 0 Å². The van der Waals surface area contributed by atoms with Gasteiger partial charge in [0.2, 0.25) is 0 Å². The molecule has 2 aromatic heterocycles. The first-order chi connectivity index (χ1) is 13.6. The monoisotopic (exact) mass is 392 g/mol. The van der Waals surface area contributed by atoms with Gasteiger partial charge in [0.25, 0.3) is 5.91 Å². The molecule has 0 aliphatic carbocycles. The maximum absolute atomic E-state index is 13.5. The number of ether oxygens (including phenoxy) is 1. The molecule has 0 aliphatic rings. The summed E-state index contributed by atoms with van der Waals surface area (Å²) >= 11 is 1.49. The summed E-state index contributed by atoms with van der Waals surface area (Å²) < 4.78 is 7.92. The fourth-order valence-electron chi connectivity index (χ4n) is 3.11. The lowest BCUT2D eigenvalue weighted by Crippen LogP contribution is -2.32. The van der Waals surface area contributed by atoms with Gasteiger partial charge in [0, 0.05) is 13.1 Å². The maximum atomic E-state index is 13.5. The molecule has 28 heavy (non-hydrogen) atoms. The highest BCUT2D eigenvalue weighted by molar-refractivity contribution is 7.22. The fourth-order valence-corrected chi connectivity index (χ4v) is 4.06. The largest absolute Gasteiger partial charge is 0.497 e. The minimum absolute atomic E-state index is 0.118. The van der Waals surface area contributed by atoms with Crippen LogP contribution in [0.5, 0.6) is 5.75 Å². The average Bonchev–Trinajstić information content (AvgIpc) is 3.28. The number of thiazole rings is 1. The minimum Gasteiger partial charge on any atom is -0.497 e. The lowest BCUT2D eigenvalue weighted by Gasteiger charge is -2.20. The van der Waals surface area contributed by atoms with Crippen molar-refractivity contribution >= 4 is 32.6 Å². The minimum atomic E-state index is -0.118. The molecule has 2 heterocycles. The third-order valence-corrected chi connectivity index (χ3v) is 5.63. The van der Waals surface area contributed by atoms with E-state index in [4.69, 9.17) is 9.72 Å². The van der Waals surface area contributed by atoms with Gasteiger partial charge in [-0.2, -0.15) is 5.10 Å². The van der Waals surface area contributed by atoms with E-state index in [0.717, 1.165) is 27.1 Å². The molecular weight excluding hydrogens is 372 g/mol. The predicted octanol–water partition coefficient (Wildman–Crippen LogP) is 4.19. The van der Waals surface area contributed by atoms with Crippen LogP contribution in [0.2, 0.25) is 0 Å². The van der Waals surface area contributed by atoms with Crippen molar-refractivity contribution in [3.05, 3.63) is 71.5 Å². The number of aryl methyl sites for hydroxylation is 2. The van der Waals surface area contributed by atoms with E-state index in [1.165, 1.54) is 11.3 Å². The second-order valence-corrected chi connectivity index (χ2v) is 7.52. The summed E-state index contributed by atoms with van der Waals surface area (Å²) in [5.41, 5.74) is 3.25. The van der Waals surface area contributed by atoms with Gasteiger partial charge in [0.05, 0.1) is 30.1 Å². The topological polar surface area (TPSA) is 60.2 Å². The molecule has 0 bridgehead atoms. The second-order valence-electron chi connectivity index (χ2n) is 6.51. The van der Waals surface area contributed by atoms with Gasteiger partial charge in [-0.1, -0.05) is 41.7 Å². The summed E-state index contributed by atoms with van der Waals surface area (Å²) in [6.07, 6.45) is 1.71. The highest BCUT2D eigenvalue weighted by Gasteiger charge is 2.25. The number of aromatic nitrogens is 3. The van der Waals surface area contributed by atoms with Gasteiger partial charge in [-0.25, -0.2) is 4.98 Å². The molecular formula is C21H20N4O2S. The molecule has 2 aromatic carbocycles. The third kappa shape index (κ3) is 3.36. The highest BCUT2D eigenvalue weighted by Crippen LogP contribution is 2.33. The molecule has 0 saturated carbocycles. The van der Waals surface area contributed by atoms with Crippen LogP contribution in [-0.2, 0) is 13.6 Å². The van der Waals surface area contributed by atoms with Crippen LogP contribution >= 0.6 is 11.3 Å². The molecule has 1 amide bonds. The molecule has 4 rings (SSSR count). The zero-order valence-corrected chi connectivity index (χ0v) is 16.7. The van der Waals surface area contributed by atoms with Gasteiger partial charge in [0.1, 0.15) is 11.4 Å². The first-order valence-electron chi connectivity index (χ1n) is 8.86. The Labute approximate surface area is 167 Å². The number of anilines is 1. The number of fused-ring (bicyclic) bond motifs is 1. The Morgan fingerprint density at radius 3 is 2.68 bits per heavy atom. The van der Waals surface area contributed by atoms with Crippen molar-refractivity contribution in [3.8, 4) is 5.75 Å². The molecule has 142 valence electrons. The average molecular weight is 392 g/mol. The number of nitrogens with zero attached hydrogens (tertiary/aromatic N) is 4. The summed E-state index contributed by atoms with van der Waals surface area (Å²) in [4.78, 5) is 19.9. The van der Waals surface area contributed by atoms with Gasteiger partial charge in [-0.15, -0.1) is 0 Å². The number of methoxy groups -OCH3 is 1. The van der Waals surface area contributed by atoms with Crippen LogP contribution in [0, 0.1) is 6.92 Å². The first kappa shape index (κ1) is 18.2. The zero-order valence-electron chi connectivity index (χ0n) is 15.9. The van der Waals surface area contributed by atoms with Crippen LogP contribution in [0.15, 0.2) is 54.7 Å². The molecule has 4 aromatic rings. The Bertz CT molecular complexity index is 1110. The smallest absolute Gasteiger partial charge is 0.278 e. The summed E-state index contributed by atoms with van der Waals surface area (Å²) in [6, 6.07) is 15.7. The molecule has 0 atom stereocenters. The van der Waals surface area contributed by atoms with Gasteiger partial charge in [-0.05, 0) is 30.2 Å². The SMILES string of the molecule is COc1ccc2sc(N(Cc3ccccc3)C(=O)c3c(C)cnn3C)nc2c1. The van der Waals surface area contributed by atoms with E-state index in [2.05, 4.69) is 5.10 Å². The van der Waals surface area contributed by atoms with Crippen molar-refractivity contribution in [1.29, 1.82) is 0 Å². The number of hydrogen-bond acceptors (Lipinski definition) is 5. The molecule has 0 N–H and O–H groups in total. The third-order valence-electron chi connectivity index (χ3n) is 4.57. The van der Waals surface area contributed by atoms with Crippen LogP contribution in [0.3, 0.4) is 0 Å². The highest BCUT2D eigenvalue weighted by atomic mass is 32.1. The lowest BCUT2D eigenvalue weighted by molar-refractivity contribution is 0.0975. The van der Waals surface area contributed by atoms with Gasteiger partial charge in [0.15, 0.2) is 5.13 Å². The number of carbonyl (C=O) groups is 1. The number of amides is 1. The van der Waals surface area contributed by atoms with E-state index in [9.17, 15) is 4.79 Å². The van der Waals surface area contributed by atoms with E-state index in [0.29, 0.717) is 17.4 Å². The van der Waals surface area contributed by atoms with Crippen molar-refractivity contribution in [1.82, 2.24) is 14.8 Å². The van der Waals surface area contributed by atoms with Crippen LogP contribution in [0.1, 0.15) is 21.6 Å². The number of hydrogen-bond donors (Lipinski definition) is 0. The van der Waals surface area contributed by atoms with Gasteiger partial charge >= 0.3 is 0 Å². The van der Waals surface area contributed by atoms with Crippen LogP contribution in [0.25, 0.3) is 10.2 Å². The molecule has 7 heteroatoms. The van der Waals surface area contributed by atoms with Crippen LogP contribution in [0.4, 0.5) is 5.13 Å². The van der Waals surface area contributed by atoms with E-state index in [-0.39, 0.29) is 5.91 Å². The molecule has 0 saturated heterocycles. The van der Waals surface area contributed by atoms with Crippen molar-refractivity contribution in [2.75, 3.05) is 12.0 Å². The maximum Gasteiger partial charge on any atom is 0.278 e. The van der Waals surface area contributed by atoms with E-state index in [1.807, 2.05) is 55.5 Å². The quantitative estimate of drug-likeness (QED) is 0.511. The summed E-state index contributed by atoms with van der Waals surface area (Å²) in [6.45, 7) is 2.32. The van der Waals surface area contributed by atoms with E-state index < -0.39 is 0 Å². The Morgan fingerprint density at radius 2 is 2.00 bits per heavy atom. The Kier molecular flexibility index (Phi) is 4.83. The van der Waals surface area contributed by atoms with Crippen molar-refractivity contribution in [2.45, 2.75) is 13.5 Å². The predicted molar refractivity (Wildman–Crippen MR) is 111 cm³/mol. The van der Waals surface area contributed by atoms with Gasteiger partial charge < -0.3 is 4.74 Å². The zero-order chi connectivity index (χ0) is 19.7. The Morgan fingerprint density at radius 1 is 1.21 bits per heavy atom. The molecule has 0 aliphatic heterocycles. The Balaban J connectivity index is 1.79. The van der Waals surface area contributed by atoms with Crippen molar-refractivity contribution in [2.24, 2.45) is 7.05 Å². The molecule has 0 spiro atoms. The van der Waals surface area contributed by atoms with E-state index in [1.54, 1.807) is 29.9 Å². The second kappa shape index (κ2) is 7.44. The summed E-state index contributed by atoms with van der Waals surface area (Å²) in [5.74, 6) is 0.625. The molecule has 0 fully saturated rings. The molecule has 0 unspecified atom stereocenters. The van der Waals surface area contributed by atoms with E-state index >= 15 is 0 Å². The number of rotatable bonds is 5. The molecule has 6 nitrogen and oxygen atoms in total. The van der Waals surface area contributed by atoms with Crippen molar-refractivity contribution < 1.29 is 9.53 Å². The number of carbonyl (C=O) groups excluding carboxylic acids is 1. The molecule has 0 radical (unpaired) electrons. The standard InChI is InChI=1S/C21H20N4O2S/c1-14-12-22-24(2)19(14)20(26)25(13-15-7-5-4-6-8-15)21-23-17-11-16(27-3)9-10-18(17)28-21/h4-12H,13H2,1-3H3. The summed E-state index contributed by atoms with van der Waals surface area (Å²) in [7, 11) is 3.41. The van der Waals surface area contributed by atoms with Crippen LogP contribution in [-0.4, -0.2) is 27.8 Å². The summed E-state index contributed by atoms with van der Waals surface area (Å²) in [5, 5.41) is 4.87. The fraction of sp³-hybridized carbons (Fsp3) is 0.190. The lowest BCUT2D eigenvalue weighted by atomic mass is 10.2. The van der Waals surface area contributed by atoms with Gasteiger partial charge in [-0.3, -0.25) is 14.4 Å². The van der Waals surface area contributed by atoms with Crippen LogP contribution < -0.4 is 9.64 Å². The first-order valence-corrected chi connectivity index (χ1v) is 9.67. The Hall–Kier alpha value is -3.19. The normalized spacial score (nSPS) is 11.0.